The molecule has 0 bridgehead atoms. The minimum Gasteiger partial charge on any atom is -0.429 e. The molecule has 25 heavy (non-hydrogen) atoms. The van der Waals surface area contributed by atoms with Crippen LogP contribution in [0.25, 0.3) is 0 Å². The molecule has 2 rings (SSSR count). The van der Waals surface area contributed by atoms with E-state index < -0.39 is 41.4 Å². The fourth-order valence-corrected chi connectivity index (χ4v) is 2.16. The quantitative estimate of drug-likeness (QED) is 0.592. The Morgan fingerprint density at radius 2 is 1.56 bits per heavy atom. The predicted octanol–water partition coefficient (Wildman–Crippen LogP) is 5.65. The molecule has 2 aromatic carbocycles. The van der Waals surface area contributed by atoms with Gasteiger partial charge in [0.25, 0.3) is 0 Å². The van der Waals surface area contributed by atoms with E-state index >= 15 is 0 Å². The summed E-state index contributed by atoms with van der Waals surface area (Å²) in [6.45, 7) is -1.52. The molecule has 0 atom stereocenters. The van der Waals surface area contributed by atoms with Gasteiger partial charge in [-0.25, -0.2) is 8.78 Å². The molecular weight excluding hydrogens is 350 g/mol. The normalized spacial score (nSPS) is 11.7. The van der Waals surface area contributed by atoms with Crippen molar-refractivity contribution in [3.05, 3.63) is 59.2 Å². The van der Waals surface area contributed by atoms with Crippen LogP contribution in [0, 0.1) is 11.6 Å². The Kier molecular flexibility index (Phi) is 5.81. The Morgan fingerprint density at radius 3 is 2.04 bits per heavy atom. The van der Waals surface area contributed by atoms with Crippen LogP contribution in [0.4, 0.5) is 26.3 Å². The Bertz CT molecular complexity index is 693. The fourth-order valence-electron chi connectivity index (χ4n) is 2.16. The number of benzene rings is 2. The van der Waals surface area contributed by atoms with E-state index in [0.717, 1.165) is 24.1 Å². The van der Waals surface area contributed by atoms with Crippen molar-refractivity contribution < 1.29 is 35.8 Å². The largest absolute Gasteiger partial charge is 0.429 e. The Hall–Kier alpha value is -2.38. The van der Waals surface area contributed by atoms with Gasteiger partial charge in [0.2, 0.25) is 0 Å². The van der Waals surface area contributed by atoms with Gasteiger partial charge < -0.3 is 9.47 Å². The molecule has 136 valence electrons. The lowest BCUT2D eigenvalue weighted by atomic mass is 10.1. The van der Waals surface area contributed by atoms with Gasteiger partial charge in [-0.3, -0.25) is 0 Å². The summed E-state index contributed by atoms with van der Waals surface area (Å²) >= 11 is 0. The van der Waals surface area contributed by atoms with Crippen LogP contribution in [0.5, 0.6) is 11.5 Å². The van der Waals surface area contributed by atoms with Crippen molar-refractivity contribution >= 4 is 0 Å². The smallest absolute Gasteiger partial charge is 0.426 e. The third-order valence-corrected chi connectivity index (χ3v) is 3.25. The zero-order valence-corrected chi connectivity index (χ0v) is 13.0. The van der Waals surface area contributed by atoms with E-state index in [1.807, 2.05) is 6.92 Å². The molecule has 0 aliphatic carbocycles. The minimum absolute atomic E-state index is 0.347. The van der Waals surface area contributed by atoms with Gasteiger partial charge in [0.05, 0.1) is 5.56 Å². The molecule has 0 saturated carbocycles. The number of halogens is 6. The fraction of sp³-hybridized carbons (Fsp3) is 0.294. The average Bonchev–Trinajstić information content (AvgIpc) is 2.51. The molecule has 0 radical (unpaired) electrons. The van der Waals surface area contributed by atoms with Gasteiger partial charge in [-0.15, -0.1) is 0 Å². The molecule has 8 heteroatoms. The first kappa shape index (κ1) is 19.0. The van der Waals surface area contributed by atoms with Gasteiger partial charge in [0.15, 0.2) is 17.4 Å². The SMILES string of the molecule is CCCc1ccc(C(F)(F)Oc2cc(F)c(OC(F)F)c(F)c2)cc1. The standard InChI is InChI=1S/C17H14F6O2/c1-2-3-10-4-6-11(7-5-10)17(22,23)25-12-8-13(18)15(14(19)9-12)24-16(20)21/h4-9,16H,2-3H2,1H3. The van der Waals surface area contributed by atoms with Gasteiger partial charge in [-0.2, -0.15) is 17.6 Å². The van der Waals surface area contributed by atoms with Crippen LogP contribution in [0.2, 0.25) is 0 Å². The van der Waals surface area contributed by atoms with Crippen molar-refractivity contribution in [2.45, 2.75) is 32.5 Å². The average molecular weight is 364 g/mol. The summed E-state index contributed by atoms with van der Waals surface area (Å²) in [6, 6.07) is 5.98. The second-order valence-corrected chi connectivity index (χ2v) is 5.16. The molecule has 0 aliphatic heterocycles. The summed E-state index contributed by atoms with van der Waals surface area (Å²) in [6.07, 6.45) is -2.30. The lowest BCUT2D eigenvalue weighted by Crippen LogP contribution is -2.22. The molecule has 0 spiro atoms. The number of aryl methyl sites for hydroxylation is 1. The van der Waals surface area contributed by atoms with Crippen molar-refractivity contribution in [2.75, 3.05) is 0 Å². The highest BCUT2D eigenvalue weighted by atomic mass is 19.3. The second-order valence-electron chi connectivity index (χ2n) is 5.16. The van der Waals surface area contributed by atoms with Gasteiger partial charge >= 0.3 is 12.7 Å². The molecule has 2 aromatic rings. The topological polar surface area (TPSA) is 18.5 Å². The Balaban J connectivity index is 2.22. The summed E-state index contributed by atoms with van der Waals surface area (Å²) in [4.78, 5) is 0. The second kappa shape index (κ2) is 7.67. The third kappa shape index (κ3) is 4.80. The zero-order chi connectivity index (χ0) is 18.6. The first-order valence-electron chi connectivity index (χ1n) is 7.33. The van der Waals surface area contributed by atoms with E-state index in [0.29, 0.717) is 18.6 Å². The van der Waals surface area contributed by atoms with Gasteiger partial charge in [-0.1, -0.05) is 25.5 Å². The van der Waals surface area contributed by atoms with Crippen LogP contribution in [0.15, 0.2) is 36.4 Å². The highest BCUT2D eigenvalue weighted by Gasteiger charge is 2.35. The maximum atomic E-state index is 14.1. The van der Waals surface area contributed by atoms with Crippen molar-refractivity contribution in [3.63, 3.8) is 0 Å². The molecular formula is C17H14F6O2. The van der Waals surface area contributed by atoms with E-state index in [9.17, 15) is 26.3 Å². The van der Waals surface area contributed by atoms with E-state index in [2.05, 4.69) is 9.47 Å². The maximum Gasteiger partial charge on any atom is 0.426 e. The summed E-state index contributed by atoms with van der Waals surface area (Å²) in [5.74, 6) is -5.39. The van der Waals surface area contributed by atoms with Crippen LogP contribution in [-0.4, -0.2) is 6.61 Å². The number of hydrogen-bond acceptors (Lipinski definition) is 2. The number of alkyl halides is 4. The molecule has 2 nitrogen and oxygen atoms in total. The van der Waals surface area contributed by atoms with Crippen molar-refractivity contribution in [1.29, 1.82) is 0 Å². The number of ether oxygens (including phenoxy) is 2. The first-order valence-corrected chi connectivity index (χ1v) is 7.33. The van der Waals surface area contributed by atoms with Gasteiger partial charge in [-0.05, 0) is 24.1 Å². The van der Waals surface area contributed by atoms with Gasteiger partial charge in [0, 0.05) is 12.1 Å². The maximum absolute atomic E-state index is 14.1. The molecule has 0 aliphatic rings. The third-order valence-electron chi connectivity index (χ3n) is 3.25. The minimum atomic E-state index is -3.87. The molecule has 0 fully saturated rings. The lowest BCUT2D eigenvalue weighted by molar-refractivity contribution is -0.185. The molecule has 0 heterocycles. The van der Waals surface area contributed by atoms with Crippen LogP contribution < -0.4 is 9.47 Å². The van der Waals surface area contributed by atoms with E-state index in [-0.39, 0.29) is 0 Å². The van der Waals surface area contributed by atoms with Crippen LogP contribution in [-0.2, 0) is 12.5 Å². The first-order chi connectivity index (χ1) is 11.7. The number of rotatable bonds is 7. The molecule has 0 amide bonds. The summed E-state index contributed by atoms with van der Waals surface area (Å²) in [7, 11) is 0. The lowest BCUT2D eigenvalue weighted by Gasteiger charge is -2.19. The number of hydrogen-bond donors (Lipinski definition) is 0. The van der Waals surface area contributed by atoms with E-state index in [1.165, 1.54) is 12.1 Å². The molecule has 0 saturated heterocycles. The van der Waals surface area contributed by atoms with Crippen molar-refractivity contribution in [1.82, 2.24) is 0 Å². The Labute approximate surface area is 140 Å². The highest BCUT2D eigenvalue weighted by Crippen LogP contribution is 2.35. The van der Waals surface area contributed by atoms with Crippen LogP contribution in [0.1, 0.15) is 24.5 Å². The monoisotopic (exact) mass is 364 g/mol. The molecule has 0 unspecified atom stereocenters. The Morgan fingerprint density at radius 1 is 1.00 bits per heavy atom. The van der Waals surface area contributed by atoms with Crippen molar-refractivity contribution in [3.8, 4) is 11.5 Å². The summed E-state index contributed by atoms with van der Waals surface area (Å²) < 4.78 is 87.5. The van der Waals surface area contributed by atoms with E-state index in [1.54, 1.807) is 0 Å². The molecule has 0 N–H and O–H groups in total. The zero-order valence-electron chi connectivity index (χ0n) is 13.0. The predicted molar refractivity (Wildman–Crippen MR) is 77.9 cm³/mol. The summed E-state index contributed by atoms with van der Waals surface area (Å²) in [5, 5.41) is 0. The van der Waals surface area contributed by atoms with E-state index in [4.69, 9.17) is 0 Å². The highest BCUT2D eigenvalue weighted by molar-refractivity contribution is 5.36. The molecule has 0 aromatic heterocycles. The van der Waals surface area contributed by atoms with Gasteiger partial charge in [0.1, 0.15) is 5.75 Å². The van der Waals surface area contributed by atoms with Crippen LogP contribution >= 0.6 is 0 Å². The summed E-state index contributed by atoms with van der Waals surface area (Å²) in [5.41, 5.74) is 0.341. The van der Waals surface area contributed by atoms with Crippen molar-refractivity contribution in [2.24, 2.45) is 0 Å². The van der Waals surface area contributed by atoms with Crippen LogP contribution in [0.3, 0.4) is 0 Å².